The summed E-state index contributed by atoms with van der Waals surface area (Å²) in [4.78, 5) is 30.9. The van der Waals surface area contributed by atoms with Crippen LogP contribution in [0.4, 0.5) is 10.5 Å². The number of aromatic nitrogens is 1. The Morgan fingerprint density at radius 1 is 1.17 bits per heavy atom. The van der Waals surface area contributed by atoms with Crippen molar-refractivity contribution in [3.63, 3.8) is 0 Å². The van der Waals surface area contributed by atoms with Crippen LogP contribution in [0.3, 0.4) is 0 Å². The van der Waals surface area contributed by atoms with E-state index in [-0.39, 0.29) is 11.9 Å². The van der Waals surface area contributed by atoms with Gasteiger partial charge in [0, 0.05) is 31.3 Å². The van der Waals surface area contributed by atoms with Gasteiger partial charge in [-0.2, -0.15) is 0 Å². The van der Waals surface area contributed by atoms with Crippen LogP contribution in [-0.2, 0) is 11.3 Å². The van der Waals surface area contributed by atoms with Crippen LogP contribution in [0.5, 0.6) is 0 Å². The van der Waals surface area contributed by atoms with Gasteiger partial charge in [-0.15, -0.1) is 11.3 Å². The van der Waals surface area contributed by atoms with Gasteiger partial charge in [0.2, 0.25) is 0 Å². The third-order valence-electron chi connectivity index (χ3n) is 4.30. The molecule has 2 aromatic rings. The number of ether oxygens (including phenoxy) is 1. The molecule has 1 aromatic carbocycles. The Kier molecular flexibility index (Phi) is 10.2. The van der Waals surface area contributed by atoms with Crippen molar-refractivity contribution >= 4 is 29.0 Å². The average molecular weight is 419 g/mol. The van der Waals surface area contributed by atoms with Crippen LogP contribution < -0.4 is 10.6 Å². The van der Waals surface area contributed by atoms with E-state index in [4.69, 9.17) is 4.74 Å². The van der Waals surface area contributed by atoms with Crippen LogP contribution in [0.2, 0.25) is 0 Å². The van der Waals surface area contributed by atoms with Gasteiger partial charge in [-0.05, 0) is 18.6 Å². The van der Waals surface area contributed by atoms with E-state index in [2.05, 4.69) is 22.5 Å². The van der Waals surface area contributed by atoms with Gasteiger partial charge in [0.05, 0.1) is 13.2 Å². The Bertz CT molecular complexity index is 751. The molecule has 0 spiro atoms. The maximum atomic E-state index is 12.6. The lowest BCUT2D eigenvalue weighted by molar-refractivity contribution is 0.0948. The molecule has 0 atom stereocenters. The predicted octanol–water partition coefficient (Wildman–Crippen LogP) is 4.13. The van der Waals surface area contributed by atoms with Crippen molar-refractivity contribution in [1.29, 1.82) is 0 Å². The average Bonchev–Trinajstić information content (AvgIpc) is 3.20. The lowest BCUT2D eigenvalue weighted by Crippen LogP contribution is -2.36. The van der Waals surface area contributed by atoms with Crippen molar-refractivity contribution in [2.24, 2.45) is 0 Å². The summed E-state index contributed by atoms with van der Waals surface area (Å²) in [5.74, 6) is -0.166. The number of hydrogen-bond donors (Lipinski definition) is 2. The van der Waals surface area contributed by atoms with Crippen molar-refractivity contribution in [3.8, 4) is 0 Å². The first-order valence-electron chi connectivity index (χ1n) is 9.96. The Morgan fingerprint density at radius 2 is 1.97 bits per heavy atom. The summed E-state index contributed by atoms with van der Waals surface area (Å²) in [6, 6.07) is 9.05. The molecule has 29 heavy (non-hydrogen) atoms. The molecule has 7 nitrogen and oxygen atoms in total. The first kappa shape index (κ1) is 22.8. The quantitative estimate of drug-likeness (QED) is 0.508. The Balaban J connectivity index is 1.91. The van der Waals surface area contributed by atoms with Gasteiger partial charge >= 0.3 is 6.03 Å². The van der Waals surface area contributed by atoms with Gasteiger partial charge < -0.3 is 20.3 Å². The molecule has 0 aliphatic heterocycles. The van der Waals surface area contributed by atoms with Crippen LogP contribution in [0.1, 0.15) is 48.1 Å². The molecule has 0 aliphatic rings. The van der Waals surface area contributed by atoms with Gasteiger partial charge in [0.25, 0.3) is 5.91 Å². The van der Waals surface area contributed by atoms with Gasteiger partial charge in [0.15, 0.2) is 0 Å². The summed E-state index contributed by atoms with van der Waals surface area (Å²) in [5.41, 5.74) is 1.12. The molecule has 3 amide bonds. The normalized spacial score (nSPS) is 10.6. The zero-order chi connectivity index (χ0) is 20.9. The molecule has 1 heterocycles. The summed E-state index contributed by atoms with van der Waals surface area (Å²) >= 11 is 1.38. The largest absolute Gasteiger partial charge is 0.383 e. The number of urea groups is 1. The SMILES string of the molecule is CCCCCCNC(=O)c1csc(CN(CCOC)C(=O)Nc2ccccc2)n1. The fraction of sp³-hybridized carbons (Fsp3) is 0.476. The van der Waals surface area contributed by atoms with E-state index in [1.165, 1.54) is 24.2 Å². The zero-order valence-corrected chi connectivity index (χ0v) is 18.0. The fourth-order valence-corrected chi connectivity index (χ4v) is 3.46. The predicted molar refractivity (Wildman–Crippen MR) is 116 cm³/mol. The molecule has 0 saturated heterocycles. The maximum Gasteiger partial charge on any atom is 0.322 e. The number of benzene rings is 1. The topological polar surface area (TPSA) is 83.6 Å². The van der Waals surface area contributed by atoms with Gasteiger partial charge in [-0.1, -0.05) is 44.4 Å². The highest BCUT2D eigenvalue weighted by Crippen LogP contribution is 2.14. The van der Waals surface area contributed by atoms with Crippen LogP contribution >= 0.6 is 11.3 Å². The summed E-state index contributed by atoms with van der Waals surface area (Å²) < 4.78 is 5.12. The third-order valence-corrected chi connectivity index (χ3v) is 5.14. The summed E-state index contributed by atoms with van der Waals surface area (Å²) in [7, 11) is 1.60. The molecular formula is C21H30N4O3S. The highest BCUT2D eigenvalue weighted by molar-refractivity contribution is 7.09. The number of thiazole rings is 1. The number of nitrogens with zero attached hydrogens (tertiary/aromatic N) is 2. The number of para-hydroxylation sites is 1. The molecule has 0 aliphatic carbocycles. The lowest BCUT2D eigenvalue weighted by Gasteiger charge is -2.21. The van der Waals surface area contributed by atoms with Crippen LogP contribution in [0.15, 0.2) is 35.7 Å². The lowest BCUT2D eigenvalue weighted by atomic mass is 10.2. The van der Waals surface area contributed by atoms with Crippen molar-refractivity contribution in [2.45, 2.75) is 39.2 Å². The number of methoxy groups -OCH3 is 1. The van der Waals surface area contributed by atoms with Gasteiger partial charge in [-0.3, -0.25) is 4.79 Å². The molecule has 1 aromatic heterocycles. The molecule has 0 unspecified atom stereocenters. The summed E-state index contributed by atoms with van der Waals surface area (Å²) in [6.45, 7) is 3.97. The minimum Gasteiger partial charge on any atom is -0.383 e. The number of unbranched alkanes of at least 4 members (excludes halogenated alkanes) is 3. The van der Waals surface area contributed by atoms with Crippen LogP contribution in [0.25, 0.3) is 0 Å². The molecule has 0 bridgehead atoms. The monoisotopic (exact) mass is 418 g/mol. The third kappa shape index (κ3) is 8.21. The van der Waals surface area contributed by atoms with E-state index in [0.717, 1.165) is 18.5 Å². The second-order valence-electron chi connectivity index (χ2n) is 6.65. The number of hydrogen-bond acceptors (Lipinski definition) is 5. The smallest absolute Gasteiger partial charge is 0.322 e. The van der Waals surface area contributed by atoms with E-state index in [1.807, 2.05) is 30.3 Å². The summed E-state index contributed by atoms with van der Waals surface area (Å²) in [5, 5.41) is 8.23. The van der Waals surface area contributed by atoms with Gasteiger partial charge in [-0.25, -0.2) is 9.78 Å². The highest BCUT2D eigenvalue weighted by Gasteiger charge is 2.17. The second kappa shape index (κ2) is 12.9. The van der Waals surface area contributed by atoms with E-state index < -0.39 is 0 Å². The molecule has 0 saturated carbocycles. The van der Waals surface area contributed by atoms with Crippen molar-refractivity contribution in [1.82, 2.24) is 15.2 Å². The van der Waals surface area contributed by atoms with Crippen LogP contribution in [0, 0.1) is 0 Å². The Labute approximate surface area is 176 Å². The van der Waals surface area contributed by atoms with Gasteiger partial charge in [0.1, 0.15) is 10.7 Å². The van der Waals surface area contributed by atoms with Crippen LogP contribution in [-0.4, -0.2) is 48.6 Å². The van der Waals surface area contributed by atoms with Crippen molar-refractivity contribution in [3.05, 3.63) is 46.4 Å². The van der Waals surface area contributed by atoms with E-state index in [9.17, 15) is 9.59 Å². The molecular weight excluding hydrogens is 388 g/mol. The molecule has 0 fully saturated rings. The molecule has 8 heteroatoms. The van der Waals surface area contributed by atoms with Crippen molar-refractivity contribution in [2.75, 3.05) is 32.1 Å². The maximum absolute atomic E-state index is 12.6. The minimum atomic E-state index is -0.231. The van der Waals surface area contributed by atoms with E-state index >= 15 is 0 Å². The van der Waals surface area contributed by atoms with E-state index in [0.29, 0.717) is 36.9 Å². The molecule has 2 rings (SSSR count). The first-order chi connectivity index (χ1) is 14.1. The molecule has 158 valence electrons. The number of amides is 3. The summed E-state index contributed by atoms with van der Waals surface area (Å²) in [6.07, 6.45) is 4.44. The number of carbonyl (C=O) groups excluding carboxylic acids is 2. The molecule has 0 radical (unpaired) electrons. The first-order valence-corrected chi connectivity index (χ1v) is 10.8. The number of carbonyl (C=O) groups is 2. The fourth-order valence-electron chi connectivity index (χ4n) is 2.67. The number of anilines is 1. The Hall–Kier alpha value is -2.45. The highest BCUT2D eigenvalue weighted by atomic mass is 32.1. The number of rotatable bonds is 12. The van der Waals surface area contributed by atoms with E-state index in [1.54, 1.807) is 17.4 Å². The zero-order valence-electron chi connectivity index (χ0n) is 17.1. The second-order valence-corrected chi connectivity index (χ2v) is 7.60. The van der Waals surface area contributed by atoms with Crippen molar-refractivity contribution < 1.29 is 14.3 Å². The standard InChI is InChI=1S/C21H30N4O3S/c1-3-4-5-9-12-22-20(26)18-16-29-19(24-18)15-25(13-14-28-2)21(27)23-17-10-7-6-8-11-17/h6-8,10-11,16H,3-5,9,12-15H2,1-2H3,(H,22,26)(H,23,27). The number of nitrogens with one attached hydrogen (secondary N) is 2. The minimum absolute atomic E-state index is 0.166. The molecule has 2 N–H and O–H groups in total. The Morgan fingerprint density at radius 3 is 2.69 bits per heavy atom.